The zero-order valence-electron chi connectivity index (χ0n) is 10.9. The molecule has 6 heteroatoms. The molecule has 0 unspecified atom stereocenters. The molecule has 0 saturated carbocycles. The SMILES string of the molecule is Cc1cnc(C(=O)OCCOc2ccc(Br)cc2)cn1. The Morgan fingerprint density at radius 1 is 1.15 bits per heavy atom. The lowest BCUT2D eigenvalue weighted by atomic mass is 10.3. The fraction of sp³-hybridized carbons (Fsp3) is 0.214. The zero-order valence-corrected chi connectivity index (χ0v) is 12.5. The van der Waals surface area contributed by atoms with Crippen molar-refractivity contribution in [3.63, 3.8) is 0 Å². The third-order valence-electron chi connectivity index (χ3n) is 2.39. The summed E-state index contributed by atoms with van der Waals surface area (Å²) in [6.07, 6.45) is 2.92. The lowest BCUT2D eigenvalue weighted by molar-refractivity contribution is 0.0443. The van der Waals surface area contributed by atoms with E-state index in [1.807, 2.05) is 24.3 Å². The number of carbonyl (C=O) groups excluding carboxylic acids is 1. The molecule has 0 bridgehead atoms. The molecule has 2 aromatic rings. The minimum absolute atomic E-state index is 0.157. The first-order chi connectivity index (χ1) is 9.65. The molecule has 0 aliphatic heterocycles. The van der Waals surface area contributed by atoms with Gasteiger partial charge in [-0.25, -0.2) is 9.78 Å². The fourth-order valence-corrected chi connectivity index (χ4v) is 1.66. The summed E-state index contributed by atoms with van der Waals surface area (Å²) in [6, 6.07) is 7.42. The van der Waals surface area contributed by atoms with Gasteiger partial charge in [-0.05, 0) is 31.2 Å². The van der Waals surface area contributed by atoms with Crippen LogP contribution in [0.5, 0.6) is 5.75 Å². The lowest BCUT2D eigenvalue weighted by Gasteiger charge is -2.07. The Balaban J connectivity index is 1.74. The monoisotopic (exact) mass is 336 g/mol. The van der Waals surface area contributed by atoms with Crippen LogP contribution in [0.25, 0.3) is 0 Å². The number of carbonyl (C=O) groups is 1. The Morgan fingerprint density at radius 2 is 1.90 bits per heavy atom. The molecule has 0 saturated heterocycles. The maximum atomic E-state index is 11.6. The molecular formula is C14H13BrN2O3. The van der Waals surface area contributed by atoms with Crippen LogP contribution in [0.3, 0.4) is 0 Å². The number of rotatable bonds is 5. The van der Waals surface area contributed by atoms with Gasteiger partial charge in [-0.2, -0.15) is 0 Å². The Labute approximate surface area is 125 Å². The van der Waals surface area contributed by atoms with Crippen molar-refractivity contribution in [2.24, 2.45) is 0 Å². The molecule has 0 spiro atoms. The van der Waals surface area contributed by atoms with Gasteiger partial charge in [0.05, 0.1) is 11.9 Å². The van der Waals surface area contributed by atoms with E-state index in [9.17, 15) is 4.79 Å². The van der Waals surface area contributed by atoms with E-state index in [1.54, 1.807) is 6.92 Å². The van der Waals surface area contributed by atoms with Gasteiger partial charge >= 0.3 is 5.97 Å². The van der Waals surface area contributed by atoms with Crippen LogP contribution in [0.2, 0.25) is 0 Å². The minimum atomic E-state index is -0.503. The number of esters is 1. The first-order valence-electron chi connectivity index (χ1n) is 5.99. The highest BCUT2D eigenvalue weighted by Crippen LogP contribution is 2.15. The highest BCUT2D eigenvalue weighted by molar-refractivity contribution is 9.10. The molecule has 1 aromatic heterocycles. The highest BCUT2D eigenvalue weighted by Gasteiger charge is 2.08. The number of ether oxygens (including phenoxy) is 2. The fourth-order valence-electron chi connectivity index (χ4n) is 1.40. The summed E-state index contributed by atoms with van der Waals surface area (Å²) in [4.78, 5) is 19.6. The predicted molar refractivity (Wildman–Crippen MR) is 76.7 cm³/mol. The van der Waals surface area contributed by atoms with Crippen LogP contribution in [0.15, 0.2) is 41.1 Å². The quantitative estimate of drug-likeness (QED) is 0.620. The maximum absolute atomic E-state index is 11.6. The number of benzene rings is 1. The molecule has 104 valence electrons. The van der Waals surface area contributed by atoms with E-state index in [1.165, 1.54) is 12.4 Å². The number of hydrogen-bond acceptors (Lipinski definition) is 5. The largest absolute Gasteiger partial charge is 0.490 e. The summed E-state index contributed by atoms with van der Waals surface area (Å²) in [7, 11) is 0. The van der Waals surface area contributed by atoms with Crippen molar-refractivity contribution < 1.29 is 14.3 Å². The molecule has 1 aromatic carbocycles. The van der Waals surface area contributed by atoms with Gasteiger partial charge in [-0.1, -0.05) is 15.9 Å². The zero-order chi connectivity index (χ0) is 14.4. The van der Waals surface area contributed by atoms with Crippen LogP contribution < -0.4 is 4.74 Å². The van der Waals surface area contributed by atoms with Crippen molar-refractivity contribution in [2.45, 2.75) is 6.92 Å². The van der Waals surface area contributed by atoms with E-state index in [4.69, 9.17) is 9.47 Å². The van der Waals surface area contributed by atoms with E-state index < -0.39 is 5.97 Å². The first-order valence-corrected chi connectivity index (χ1v) is 6.78. The average molecular weight is 337 g/mol. The van der Waals surface area contributed by atoms with Gasteiger partial charge in [0.2, 0.25) is 0 Å². The molecule has 20 heavy (non-hydrogen) atoms. The number of halogens is 1. The normalized spacial score (nSPS) is 10.1. The summed E-state index contributed by atoms with van der Waals surface area (Å²) >= 11 is 3.34. The molecule has 1 heterocycles. The van der Waals surface area contributed by atoms with Gasteiger partial charge in [0, 0.05) is 10.7 Å². The van der Waals surface area contributed by atoms with E-state index in [-0.39, 0.29) is 18.9 Å². The molecule has 5 nitrogen and oxygen atoms in total. The van der Waals surface area contributed by atoms with Gasteiger partial charge < -0.3 is 9.47 Å². The smallest absolute Gasteiger partial charge is 0.358 e. The summed E-state index contributed by atoms with van der Waals surface area (Å²) in [5.41, 5.74) is 0.944. The van der Waals surface area contributed by atoms with Crippen molar-refractivity contribution in [3.8, 4) is 5.75 Å². The van der Waals surface area contributed by atoms with Gasteiger partial charge in [0.15, 0.2) is 5.69 Å². The number of nitrogens with zero attached hydrogens (tertiary/aromatic N) is 2. The second-order valence-electron chi connectivity index (χ2n) is 3.98. The molecule has 0 amide bonds. The van der Waals surface area contributed by atoms with Crippen LogP contribution in [0.4, 0.5) is 0 Å². The summed E-state index contributed by atoms with van der Waals surface area (Å²) in [5.74, 6) is 0.219. The van der Waals surface area contributed by atoms with Gasteiger partial charge in [-0.3, -0.25) is 4.98 Å². The summed E-state index contributed by atoms with van der Waals surface area (Å²) in [5, 5.41) is 0. The van der Waals surface area contributed by atoms with Crippen molar-refractivity contribution in [1.29, 1.82) is 0 Å². The van der Waals surface area contributed by atoms with E-state index >= 15 is 0 Å². The van der Waals surface area contributed by atoms with Gasteiger partial charge in [0.1, 0.15) is 19.0 Å². The van der Waals surface area contributed by atoms with Gasteiger partial charge in [0.25, 0.3) is 0 Å². The van der Waals surface area contributed by atoms with E-state index in [0.29, 0.717) is 0 Å². The Morgan fingerprint density at radius 3 is 2.55 bits per heavy atom. The molecule has 0 fully saturated rings. The van der Waals surface area contributed by atoms with Crippen LogP contribution in [-0.2, 0) is 4.74 Å². The minimum Gasteiger partial charge on any atom is -0.490 e. The Kier molecular flexibility index (Phi) is 5.06. The first kappa shape index (κ1) is 14.5. The van der Waals surface area contributed by atoms with Crippen molar-refractivity contribution >= 4 is 21.9 Å². The molecule has 0 atom stereocenters. The third-order valence-corrected chi connectivity index (χ3v) is 2.92. The molecule has 2 rings (SSSR count). The van der Waals surface area contributed by atoms with Crippen LogP contribution in [0.1, 0.15) is 16.2 Å². The number of aryl methyl sites for hydroxylation is 1. The number of hydrogen-bond donors (Lipinski definition) is 0. The Hall–Kier alpha value is -1.95. The number of aromatic nitrogens is 2. The molecule has 0 aliphatic rings. The van der Waals surface area contributed by atoms with Crippen molar-refractivity contribution in [1.82, 2.24) is 9.97 Å². The van der Waals surface area contributed by atoms with Crippen LogP contribution >= 0.6 is 15.9 Å². The van der Waals surface area contributed by atoms with Crippen LogP contribution in [-0.4, -0.2) is 29.2 Å². The summed E-state index contributed by atoms with van der Waals surface area (Å²) in [6.45, 7) is 2.24. The maximum Gasteiger partial charge on any atom is 0.358 e. The molecule has 0 N–H and O–H groups in total. The standard InChI is InChI=1S/C14H13BrN2O3/c1-10-8-17-13(9-16-10)14(18)20-7-6-19-12-4-2-11(15)3-5-12/h2-5,8-9H,6-7H2,1H3. The lowest BCUT2D eigenvalue weighted by Crippen LogP contribution is -2.13. The van der Waals surface area contributed by atoms with Gasteiger partial charge in [-0.15, -0.1) is 0 Å². The average Bonchev–Trinajstić information content (AvgIpc) is 2.46. The molecular weight excluding hydrogens is 324 g/mol. The molecule has 0 aliphatic carbocycles. The Bertz CT molecular complexity index is 570. The van der Waals surface area contributed by atoms with Crippen molar-refractivity contribution in [3.05, 3.63) is 52.5 Å². The highest BCUT2D eigenvalue weighted by atomic mass is 79.9. The molecule has 0 radical (unpaired) electrons. The second kappa shape index (κ2) is 7.00. The van der Waals surface area contributed by atoms with Crippen LogP contribution in [0, 0.1) is 6.92 Å². The van der Waals surface area contributed by atoms with E-state index in [2.05, 4.69) is 25.9 Å². The topological polar surface area (TPSA) is 61.3 Å². The summed E-state index contributed by atoms with van der Waals surface area (Å²) < 4.78 is 11.5. The van der Waals surface area contributed by atoms with Crippen molar-refractivity contribution in [2.75, 3.05) is 13.2 Å². The predicted octanol–water partition coefficient (Wildman–Crippen LogP) is 2.78. The third kappa shape index (κ3) is 4.31. The second-order valence-corrected chi connectivity index (χ2v) is 4.90. The van der Waals surface area contributed by atoms with E-state index in [0.717, 1.165) is 15.9 Å².